The molecule has 0 spiro atoms. The van der Waals surface area contributed by atoms with Crippen molar-refractivity contribution in [3.8, 4) is 11.5 Å². The fraction of sp³-hybridized carbons (Fsp3) is 0.185. The van der Waals surface area contributed by atoms with Gasteiger partial charge in [-0.3, -0.25) is 4.90 Å². The average molecular weight is 447 g/mol. The zero-order valence-electron chi connectivity index (χ0n) is 17.6. The lowest BCUT2D eigenvalue weighted by molar-refractivity contribution is 0.220. The minimum Gasteiger partial charge on any atom is -0.457 e. The molecule has 1 atom stereocenters. The third kappa shape index (κ3) is 4.43. The van der Waals surface area contributed by atoms with Crippen molar-refractivity contribution in [3.05, 3.63) is 119 Å². The van der Waals surface area contributed by atoms with Gasteiger partial charge in [0, 0.05) is 31.5 Å². The number of halogens is 2. The van der Waals surface area contributed by atoms with E-state index in [1.54, 1.807) is 6.07 Å². The van der Waals surface area contributed by atoms with Crippen LogP contribution in [-0.4, -0.2) is 16.0 Å². The molecule has 32 heavy (non-hydrogen) atoms. The number of hydrogen-bond donors (Lipinski definition) is 0. The molecule has 1 aliphatic rings. The van der Waals surface area contributed by atoms with Gasteiger partial charge in [-0.05, 0) is 66.1 Å². The number of fused-ring (bicyclic) bond motifs is 1. The molecule has 0 bridgehead atoms. The second-order valence-electron chi connectivity index (χ2n) is 8.09. The first-order valence-electron chi connectivity index (χ1n) is 10.8. The van der Waals surface area contributed by atoms with Crippen molar-refractivity contribution in [3.63, 3.8) is 0 Å². The summed E-state index contributed by atoms with van der Waals surface area (Å²) in [5.74, 6) is 1.23. The first-order valence-corrected chi connectivity index (χ1v) is 11.2. The molecule has 2 heterocycles. The van der Waals surface area contributed by atoms with Gasteiger partial charge in [0.05, 0.1) is 11.1 Å². The molecule has 5 rings (SSSR count). The largest absolute Gasteiger partial charge is 0.457 e. The van der Waals surface area contributed by atoms with E-state index in [0.717, 1.165) is 42.1 Å². The molecule has 0 unspecified atom stereocenters. The Balaban J connectivity index is 1.50. The number of rotatable bonds is 5. The van der Waals surface area contributed by atoms with Crippen molar-refractivity contribution in [1.82, 2.24) is 9.47 Å². The predicted molar refractivity (Wildman–Crippen MR) is 126 cm³/mol. The van der Waals surface area contributed by atoms with E-state index in [0.29, 0.717) is 6.54 Å². The second kappa shape index (κ2) is 9.19. The summed E-state index contributed by atoms with van der Waals surface area (Å²) >= 11 is 6.06. The lowest BCUT2D eigenvalue weighted by Crippen LogP contribution is -2.29. The predicted octanol–water partition coefficient (Wildman–Crippen LogP) is 7.07. The van der Waals surface area contributed by atoms with Crippen molar-refractivity contribution in [2.75, 3.05) is 6.54 Å². The maximum Gasteiger partial charge on any atom is 0.141 e. The van der Waals surface area contributed by atoms with E-state index in [1.165, 1.54) is 11.8 Å². The Hall–Kier alpha value is -3.08. The SMILES string of the molecule is Fc1ccc(CN2CCCn3cccc3[C@H]2c2cccc(Oc3ccccc3)c2)cc1Cl. The topological polar surface area (TPSA) is 17.4 Å². The molecule has 0 aliphatic carbocycles. The number of hydrogen-bond acceptors (Lipinski definition) is 2. The van der Waals surface area contributed by atoms with Gasteiger partial charge in [0.15, 0.2) is 0 Å². The second-order valence-corrected chi connectivity index (χ2v) is 8.50. The molecule has 0 fully saturated rings. The van der Waals surface area contributed by atoms with Crippen molar-refractivity contribution < 1.29 is 9.13 Å². The summed E-state index contributed by atoms with van der Waals surface area (Å²) in [6.07, 6.45) is 3.18. The summed E-state index contributed by atoms with van der Waals surface area (Å²) in [4.78, 5) is 2.43. The van der Waals surface area contributed by atoms with Gasteiger partial charge in [-0.2, -0.15) is 0 Å². The van der Waals surface area contributed by atoms with Crippen LogP contribution in [0.1, 0.15) is 29.3 Å². The zero-order valence-corrected chi connectivity index (χ0v) is 18.4. The summed E-state index contributed by atoms with van der Waals surface area (Å²) < 4.78 is 22.1. The standard InChI is InChI=1S/C27H24ClFN2O/c28-24-17-20(12-13-25(24)29)19-31-16-6-15-30-14-5-11-26(30)27(31)21-7-4-10-23(18-21)32-22-8-2-1-3-9-22/h1-5,7-14,17-18,27H,6,15-16,19H2/t27-/m1/s1. The number of aromatic nitrogens is 1. The van der Waals surface area contributed by atoms with Gasteiger partial charge in [0.2, 0.25) is 0 Å². The first kappa shape index (κ1) is 20.8. The van der Waals surface area contributed by atoms with Gasteiger partial charge >= 0.3 is 0 Å². The number of nitrogens with zero attached hydrogens (tertiary/aromatic N) is 2. The minimum atomic E-state index is -0.387. The minimum absolute atomic E-state index is 0.0515. The summed E-state index contributed by atoms with van der Waals surface area (Å²) in [7, 11) is 0. The van der Waals surface area contributed by atoms with Crippen LogP contribution in [0.25, 0.3) is 0 Å². The summed E-state index contributed by atoms with van der Waals surface area (Å²) in [6, 6.07) is 27.4. The first-order chi connectivity index (χ1) is 15.7. The van der Waals surface area contributed by atoms with Crippen LogP contribution in [0.3, 0.4) is 0 Å². The van der Waals surface area contributed by atoms with E-state index >= 15 is 0 Å². The van der Waals surface area contributed by atoms with Crippen molar-refractivity contribution in [2.45, 2.75) is 25.6 Å². The van der Waals surface area contributed by atoms with Crippen LogP contribution in [0.4, 0.5) is 4.39 Å². The van der Waals surface area contributed by atoms with Crippen LogP contribution in [0.5, 0.6) is 11.5 Å². The molecule has 5 heteroatoms. The molecule has 162 valence electrons. The third-order valence-corrected chi connectivity index (χ3v) is 6.17. The van der Waals surface area contributed by atoms with E-state index in [1.807, 2.05) is 48.5 Å². The van der Waals surface area contributed by atoms with E-state index in [4.69, 9.17) is 16.3 Å². The van der Waals surface area contributed by atoms with Crippen LogP contribution < -0.4 is 4.74 Å². The van der Waals surface area contributed by atoms with E-state index in [-0.39, 0.29) is 16.9 Å². The summed E-state index contributed by atoms with van der Waals surface area (Å²) in [5.41, 5.74) is 3.40. The van der Waals surface area contributed by atoms with Gasteiger partial charge in [0.1, 0.15) is 17.3 Å². The number of para-hydroxylation sites is 1. The molecule has 1 aromatic heterocycles. The van der Waals surface area contributed by atoms with Gasteiger partial charge in [-0.1, -0.05) is 48.0 Å². The molecule has 0 radical (unpaired) electrons. The molecule has 0 amide bonds. The maximum absolute atomic E-state index is 13.7. The highest BCUT2D eigenvalue weighted by molar-refractivity contribution is 6.30. The normalized spacial score (nSPS) is 16.4. The molecule has 3 nitrogen and oxygen atoms in total. The molecule has 0 N–H and O–H groups in total. The lowest BCUT2D eigenvalue weighted by atomic mass is 10.0. The highest BCUT2D eigenvalue weighted by Gasteiger charge is 2.28. The molecule has 3 aromatic carbocycles. The van der Waals surface area contributed by atoms with E-state index < -0.39 is 0 Å². The van der Waals surface area contributed by atoms with Crippen molar-refractivity contribution in [1.29, 1.82) is 0 Å². The van der Waals surface area contributed by atoms with E-state index in [2.05, 4.69) is 39.9 Å². The van der Waals surface area contributed by atoms with Crippen molar-refractivity contribution >= 4 is 11.6 Å². The van der Waals surface area contributed by atoms with Gasteiger partial charge < -0.3 is 9.30 Å². The Labute approximate surface area is 192 Å². The molecule has 1 aliphatic heterocycles. The maximum atomic E-state index is 13.7. The fourth-order valence-electron chi connectivity index (χ4n) is 4.44. The molecular weight excluding hydrogens is 423 g/mol. The summed E-state index contributed by atoms with van der Waals surface area (Å²) in [6.45, 7) is 2.57. The van der Waals surface area contributed by atoms with Gasteiger partial charge in [-0.25, -0.2) is 4.39 Å². The van der Waals surface area contributed by atoms with Crippen LogP contribution in [-0.2, 0) is 13.1 Å². The lowest BCUT2D eigenvalue weighted by Gasteiger charge is -2.31. The highest BCUT2D eigenvalue weighted by atomic mass is 35.5. The number of ether oxygens (including phenoxy) is 1. The number of aryl methyl sites for hydroxylation is 1. The van der Waals surface area contributed by atoms with E-state index in [9.17, 15) is 4.39 Å². The Morgan fingerprint density at radius 1 is 0.875 bits per heavy atom. The smallest absolute Gasteiger partial charge is 0.141 e. The Kier molecular flexibility index (Phi) is 5.97. The van der Waals surface area contributed by atoms with Gasteiger partial charge in [0.25, 0.3) is 0 Å². The Morgan fingerprint density at radius 2 is 1.72 bits per heavy atom. The van der Waals surface area contributed by atoms with Crippen LogP contribution in [0, 0.1) is 5.82 Å². The quantitative estimate of drug-likeness (QED) is 0.326. The molecule has 4 aromatic rings. The van der Waals surface area contributed by atoms with Crippen LogP contribution in [0.2, 0.25) is 5.02 Å². The third-order valence-electron chi connectivity index (χ3n) is 5.88. The Morgan fingerprint density at radius 3 is 2.56 bits per heavy atom. The van der Waals surface area contributed by atoms with Gasteiger partial charge in [-0.15, -0.1) is 0 Å². The summed E-state index contributed by atoms with van der Waals surface area (Å²) in [5, 5.41) is 0.163. The molecule has 0 saturated heterocycles. The monoisotopic (exact) mass is 446 g/mol. The zero-order chi connectivity index (χ0) is 21.9. The Bertz CT molecular complexity index is 1210. The van der Waals surface area contributed by atoms with Crippen molar-refractivity contribution in [2.24, 2.45) is 0 Å². The highest BCUT2D eigenvalue weighted by Crippen LogP contribution is 2.35. The van der Waals surface area contributed by atoms with Crippen LogP contribution >= 0.6 is 11.6 Å². The fourth-order valence-corrected chi connectivity index (χ4v) is 4.64. The molecular formula is C27H24ClFN2O. The average Bonchev–Trinajstić information content (AvgIpc) is 3.18. The number of benzene rings is 3. The molecule has 0 saturated carbocycles. The van der Waals surface area contributed by atoms with Crippen LogP contribution in [0.15, 0.2) is 91.1 Å².